The highest BCUT2D eigenvalue weighted by Crippen LogP contribution is 2.30. The molecule has 1 aromatic heterocycles. The molecule has 15 heavy (non-hydrogen) atoms. The van der Waals surface area contributed by atoms with E-state index in [4.69, 9.17) is 0 Å². The van der Waals surface area contributed by atoms with Crippen molar-refractivity contribution in [2.24, 2.45) is 7.05 Å². The highest BCUT2D eigenvalue weighted by molar-refractivity contribution is 5.28. The van der Waals surface area contributed by atoms with E-state index in [0.29, 0.717) is 5.92 Å². The third-order valence-corrected chi connectivity index (χ3v) is 3.25. The Morgan fingerprint density at radius 3 is 2.00 bits per heavy atom. The fourth-order valence-electron chi connectivity index (χ4n) is 2.51. The smallest absolute Gasteiger partial charge is 0.0631 e. The lowest BCUT2D eigenvalue weighted by Gasteiger charge is -2.16. The Morgan fingerprint density at radius 2 is 1.67 bits per heavy atom. The zero-order chi connectivity index (χ0) is 11.4. The topological polar surface area (TPSA) is 17.8 Å². The lowest BCUT2D eigenvalue weighted by molar-refractivity contribution is 0.555. The monoisotopic (exact) mass is 208 g/mol. The Labute approximate surface area is 93.7 Å². The van der Waals surface area contributed by atoms with Gasteiger partial charge in [-0.2, -0.15) is 5.10 Å². The van der Waals surface area contributed by atoms with Crippen LogP contribution in [0.15, 0.2) is 0 Å². The number of hydrogen-bond donors (Lipinski definition) is 0. The quantitative estimate of drug-likeness (QED) is 0.721. The summed E-state index contributed by atoms with van der Waals surface area (Å²) in [6.07, 6.45) is 5.11. The van der Waals surface area contributed by atoms with Crippen molar-refractivity contribution in [3.05, 3.63) is 17.0 Å². The number of rotatable bonds is 5. The molecule has 0 aliphatic rings. The van der Waals surface area contributed by atoms with E-state index in [2.05, 4.69) is 32.8 Å². The molecule has 2 nitrogen and oxygen atoms in total. The van der Waals surface area contributed by atoms with E-state index in [1.165, 1.54) is 42.6 Å². The first-order valence-corrected chi connectivity index (χ1v) is 6.11. The second-order valence-corrected chi connectivity index (χ2v) is 4.48. The molecule has 0 unspecified atom stereocenters. The first-order chi connectivity index (χ1) is 7.11. The maximum absolute atomic E-state index is 4.51. The van der Waals surface area contributed by atoms with Crippen molar-refractivity contribution in [1.82, 2.24) is 9.78 Å². The van der Waals surface area contributed by atoms with Crippen LogP contribution in [0.2, 0.25) is 0 Å². The summed E-state index contributed by atoms with van der Waals surface area (Å²) in [5, 5.41) is 4.51. The molecule has 1 rings (SSSR count). The van der Waals surface area contributed by atoms with Crippen LogP contribution in [0.3, 0.4) is 0 Å². The van der Waals surface area contributed by atoms with Crippen LogP contribution in [0.5, 0.6) is 0 Å². The molecule has 0 saturated heterocycles. The average molecular weight is 208 g/mol. The maximum Gasteiger partial charge on any atom is 0.0631 e. The largest absolute Gasteiger partial charge is 0.272 e. The van der Waals surface area contributed by atoms with E-state index in [0.717, 1.165) is 0 Å². The van der Waals surface area contributed by atoms with Crippen LogP contribution in [-0.2, 0) is 7.05 Å². The van der Waals surface area contributed by atoms with Gasteiger partial charge in [0, 0.05) is 12.7 Å². The average Bonchev–Trinajstić information content (AvgIpc) is 2.41. The van der Waals surface area contributed by atoms with Crippen LogP contribution in [-0.4, -0.2) is 9.78 Å². The van der Waals surface area contributed by atoms with Crippen molar-refractivity contribution in [2.75, 3.05) is 0 Å². The van der Waals surface area contributed by atoms with Gasteiger partial charge in [-0.15, -0.1) is 0 Å². The van der Waals surface area contributed by atoms with Crippen molar-refractivity contribution in [3.8, 4) is 0 Å². The molecule has 2 heteroatoms. The normalized spacial score (nSPS) is 11.3. The minimum atomic E-state index is 0.716. The molecule has 1 heterocycles. The van der Waals surface area contributed by atoms with Gasteiger partial charge in [0.25, 0.3) is 0 Å². The van der Waals surface area contributed by atoms with Gasteiger partial charge in [0.1, 0.15) is 0 Å². The second-order valence-electron chi connectivity index (χ2n) is 4.48. The molecule has 0 bridgehead atoms. The summed E-state index contributed by atoms with van der Waals surface area (Å²) in [5.74, 6) is 0.716. The fourth-order valence-corrected chi connectivity index (χ4v) is 2.51. The molecule has 0 radical (unpaired) electrons. The van der Waals surface area contributed by atoms with Crippen LogP contribution in [0.4, 0.5) is 0 Å². The Balaban J connectivity index is 2.98. The van der Waals surface area contributed by atoms with Gasteiger partial charge in [-0.05, 0) is 38.2 Å². The Morgan fingerprint density at radius 1 is 1.13 bits per heavy atom. The van der Waals surface area contributed by atoms with E-state index in [1.54, 1.807) is 0 Å². The molecule has 0 atom stereocenters. The Kier molecular flexibility index (Phi) is 4.37. The van der Waals surface area contributed by atoms with E-state index >= 15 is 0 Å². The van der Waals surface area contributed by atoms with E-state index in [9.17, 15) is 0 Å². The van der Waals surface area contributed by atoms with Gasteiger partial charge >= 0.3 is 0 Å². The van der Waals surface area contributed by atoms with E-state index < -0.39 is 0 Å². The van der Waals surface area contributed by atoms with E-state index in [1.807, 2.05) is 11.7 Å². The van der Waals surface area contributed by atoms with Gasteiger partial charge in [0.15, 0.2) is 0 Å². The van der Waals surface area contributed by atoms with Gasteiger partial charge < -0.3 is 0 Å². The maximum atomic E-state index is 4.51. The Bertz CT molecular complexity index is 307. The van der Waals surface area contributed by atoms with Gasteiger partial charge in [-0.25, -0.2) is 0 Å². The number of hydrogen-bond acceptors (Lipinski definition) is 1. The summed E-state index contributed by atoms with van der Waals surface area (Å²) in [4.78, 5) is 0. The standard InChI is InChI=1S/C13H24N2/c1-6-8-12(9-7-2)13-10(3)14-15(5)11(13)4/h12H,6-9H2,1-5H3. The highest BCUT2D eigenvalue weighted by Gasteiger charge is 2.18. The first kappa shape index (κ1) is 12.3. The highest BCUT2D eigenvalue weighted by atomic mass is 15.3. The molecule has 0 fully saturated rings. The predicted octanol–water partition coefficient (Wildman–Crippen LogP) is 3.72. The number of aromatic nitrogens is 2. The van der Waals surface area contributed by atoms with Crippen molar-refractivity contribution >= 4 is 0 Å². The number of nitrogens with zero attached hydrogens (tertiary/aromatic N) is 2. The van der Waals surface area contributed by atoms with Crippen LogP contribution in [0.25, 0.3) is 0 Å². The summed E-state index contributed by atoms with van der Waals surface area (Å²) >= 11 is 0. The predicted molar refractivity (Wildman–Crippen MR) is 65.2 cm³/mol. The zero-order valence-electron chi connectivity index (χ0n) is 10.8. The van der Waals surface area contributed by atoms with Gasteiger partial charge in [-0.1, -0.05) is 26.7 Å². The summed E-state index contributed by atoms with van der Waals surface area (Å²) in [5.41, 5.74) is 4.07. The molecule has 1 aromatic rings. The summed E-state index contributed by atoms with van der Waals surface area (Å²) < 4.78 is 2.02. The molecule has 0 spiro atoms. The van der Waals surface area contributed by atoms with Gasteiger partial charge in [-0.3, -0.25) is 4.68 Å². The van der Waals surface area contributed by atoms with Gasteiger partial charge in [0.05, 0.1) is 5.69 Å². The van der Waals surface area contributed by atoms with Crippen molar-refractivity contribution in [1.29, 1.82) is 0 Å². The zero-order valence-corrected chi connectivity index (χ0v) is 10.8. The Hall–Kier alpha value is -0.790. The van der Waals surface area contributed by atoms with Crippen LogP contribution < -0.4 is 0 Å². The summed E-state index contributed by atoms with van der Waals surface area (Å²) in [6.45, 7) is 8.86. The molecule has 0 aliphatic heterocycles. The molecule has 0 amide bonds. The summed E-state index contributed by atoms with van der Waals surface area (Å²) in [6, 6.07) is 0. The minimum Gasteiger partial charge on any atom is -0.272 e. The lowest BCUT2D eigenvalue weighted by Crippen LogP contribution is -2.02. The van der Waals surface area contributed by atoms with Crippen molar-refractivity contribution in [3.63, 3.8) is 0 Å². The van der Waals surface area contributed by atoms with Crippen LogP contribution >= 0.6 is 0 Å². The molecular formula is C13H24N2. The van der Waals surface area contributed by atoms with Crippen molar-refractivity contribution in [2.45, 2.75) is 59.3 Å². The van der Waals surface area contributed by atoms with Crippen LogP contribution in [0, 0.1) is 13.8 Å². The first-order valence-electron chi connectivity index (χ1n) is 6.11. The summed E-state index contributed by atoms with van der Waals surface area (Å²) in [7, 11) is 2.04. The van der Waals surface area contributed by atoms with Crippen LogP contribution in [0.1, 0.15) is 62.4 Å². The van der Waals surface area contributed by atoms with Crippen molar-refractivity contribution < 1.29 is 0 Å². The lowest BCUT2D eigenvalue weighted by atomic mass is 9.89. The molecule has 86 valence electrons. The molecular weight excluding hydrogens is 184 g/mol. The molecule has 0 N–H and O–H groups in total. The number of aryl methyl sites for hydroxylation is 2. The fraction of sp³-hybridized carbons (Fsp3) is 0.769. The van der Waals surface area contributed by atoms with Gasteiger partial charge in [0.2, 0.25) is 0 Å². The van der Waals surface area contributed by atoms with E-state index in [-0.39, 0.29) is 0 Å². The second kappa shape index (κ2) is 5.34. The third-order valence-electron chi connectivity index (χ3n) is 3.25. The third kappa shape index (κ3) is 2.61. The molecule has 0 aliphatic carbocycles. The SMILES string of the molecule is CCCC(CCC)c1c(C)nn(C)c1C. The molecule has 0 saturated carbocycles. The molecule has 0 aromatic carbocycles. The minimum absolute atomic E-state index is 0.716.